The van der Waals surface area contributed by atoms with E-state index in [1.54, 1.807) is 0 Å². The van der Waals surface area contributed by atoms with Gasteiger partial charge in [0.25, 0.3) is 8.32 Å². The highest BCUT2D eigenvalue weighted by Gasteiger charge is 2.59. The largest absolute Gasteiger partial charge is 0.468 e. The van der Waals surface area contributed by atoms with Crippen LogP contribution in [0.3, 0.4) is 0 Å². The van der Waals surface area contributed by atoms with E-state index >= 15 is 0 Å². The van der Waals surface area contributed by atoms with Gasteiger partial charge in [0, 0.05) is 0 Å². The molecule has 0 N–H and O–H groups in total. The number of rotatable bonds is 10. The van der Waals surface area contributed by atoms with Crippen LogP contribution in [0, 0.1) is 23.2 Å². The fourth-order valence-corrected chi connectivity index (χ4v) is 18.5. The number of hydrogen-bond acceptors (Lipinski definition) is 5. The third-order valence-corrected chi connectivity index (χ3v) is 18.8. The fraction of sp³-hybridized carbons (Fsp3) is 0.576. The van der Waals surface area contributed by atoms with Crippen LogP contribution >= 0.6 is 0 Å². The van der Waals surface area contributed by atoms with Gasteiger partial charge >= 0.3 is 11.9 Å². The van der Waals surface area contributed by atoms with E-state index < -0.39 is 34.0 Å². The fourth-order valence-electron chi connectivity index (χ4n) is 7.53. The molecule has 0 spiro atoms. The summed E-state index contributed by atoms with van der Waals surface area (Å²) in [6, 6.07) is 22.5. The van der Waals surface area contributed by atoms with Crippen molar-refractivity contribution in [2.45, 2.75) is 83.5 Å². The van der Waals surface area contributed by atoms with Gasteiger partial charge in [-0.15, -0.1) is 0 Å². The van der Waals surface area contributed by atoms with Crippen LogP contribution in [0.25, 0.3) is 0 Å². The standard InChI is InChI=1S/C33H48O5Si2/c1-32(2,3)40(28-17-10-8-11-18-28,29-19-12-9-13-20-29)38-39(6,7)24-27-23-33(30(34)36-4,31(35)37-5)22-26(27)21-25-15-14-16-25/h8-13,17-20,25-27H,14-16,21-24H2,1-7H3/t26-,27+/m1/s1. The molecule has 0 aliphatic heterocycles. The van der Waals surface area contributed by atoms with Gasteiger partial charge in [0.1, 0.15) is 0 Å². The van der Waals surface area contributed by atoms with Crippen molar-refractivity contribution in [3.05, 3.63) is 60.7 Å². The number of ether oxygens (including phenoxy) is 2. The van der Waals surface area contributed by atoms with E-state index in [2.05, 4.69) is 94.5 Å². The van der Waals surface area contributed by atoms with Gasteiger partial charge in [-0.05, 0) is 71.6 Å². The summed E-state index contributed by atoms with van der Waals surface area (Å²) in [7, 11) is -2.32. The normalized spacial score (nSPS) is 21.5. The lowest BCUT2D eigenvalue weighted by Crippen LogP contribution is -2.70. The van der Waals surface area contributed by atoms with Crippen molar-refractivity contribution >= 4 is 38.9 Å². The zero-order chi connectivity index (χ0) is 29.2. The van der Waals surface area contributed by atoms with E-state index in [-0.39, 0.29) is 16.9 Å². The average Bonchev–Trinajstić information content (AvgIpc) is 3.26. The Kier molecular flexibility index (Phi) is 9.17. The van der Waals surface area contributed by atoms with Crippen LogP contribution in [0.2, 0.25) is 24.2 Å². The van der Waals surface area contributed by atoms with Crippen LogP contribution in [0.15, 0.2) is 60.7 Å². The molecular formula is C33H48O5Si2. The Morgan fingerprint density at radius 3 is 1.70 bits per heavy atom. The van der Waals surface area contributed by atoms with E-state index in [1.807, 2.05) is 0 Å². The Morgan fingerprint density at radius 2 is 1.30 bits per heavy atom. The predicted molar refractivity (Wildman–Crippen MR) is 166 cm³/mol. The quantitative estimate of drug-likeness (QED) is 0.187. The maximum atomic E-state index is 13.2. The molecule has 2 aromatic carbocycles. The molecule has 4 rings (SSSR count). The third-order valence-electron chi connectivity index (χ3n) is 9.50. The molecule has 0 saturated heterocycles. The highest BCUT2D eigenvalue weighted by atomic mass is 28.4. The summed E-state index contributed by atoms with van der Waals surface area (Å²) in [5.74, 6) is 0.262. The van der Waals surface area contributed by atoms with Crippen molar-refractivity contribution in [3.63, 3.8) is 0 Å². The van der Waals surface area contributed by atoms with Crippen LogP contribution in [0.4, 0.5) is 0 Å². The Hall–Kier alpha value is -2.23. The molecule has 2 aromatic rings. The second-order valence-corrected chi connectivity index (χ2v) is 22.5. The molecule has 0 aromatic heterocycles. The zero-order valence-electron chi connectivity index (χ0n) is 25.5. The molecule has 0 amide bonds. The number of esters is 2. The van der Waals surface area contributed by atoms with Crippen molar-refractivity contribution in [1.29, 1.82) is 0 Å². The number of hydrogen-bond donors (Lipinski definition) is 0. The molecule has 218 valence electrons. The Bertz CT molecular complexity index is 1100. The van der Waals surface area contributed by atoms with Gasteiger partial charge in [0.15, 0.2) is 13.7 Å². The van der Waals surface area contributed by atoms with Crippen LogP contribution < -0.4 is 10.4 Å². The molecular weight excluding hydrogens is 533 g/mol. The minimum Gasteiger partial charge on any atom is -0.468 e. The predicted octanol–water partition coefficient (Wildman–Crippen LogP) is 6.32. The van der Waals surface area contributed by atoms with Crippen molar-refractivity contribution < 1.29 is 23.2 Å². The Balaban J connectivity index is 1.73. The summed E-state index contributed by atoms with van der Waals surface area (Å²) in [6.07, 6.45) is 5.81. The number of benzene rings is 2. The van der Waals surface area contributed by atoms with Gasteiger partial charge in [-0.25, -0.2) is 0 Å². The SMILES string of the molecule is COC(=O)C1(C(=O)OC)C[C@@H](CC2CCC2)[C@H](C[Si](C)(C)O[Si](c2ccccc2)(c2ccccc2)C(C)(C)C)C1. The summed E-state index contributed by atoms with van der Waals surface area (Å²) in [5, 5.41) is 2.46. The molecule has 40 heavy (non-hydrogen) atoms. The first-order chi connectivity index (χ1) is 18.9. The van der Waals surface area contributed by atoms with E-state index in [0.717, 1.165) is 12.5 Å². The average molecular weight is 581 g/mol. The van der Waals surface area contributed by atoms with Gasteiger partial charge < -0.3 is 13.6 Å². The smallest absolute Gasteiger partial charge is 0.323 e. The van der Waals surface area contributed by atoms with E-state index in [1.165, 1.54) is 43.9 Å². The van der Waals surface area contributed by atoms with Crippen LogP contribution in [-0.4, -0.2) is 42.8 Å². The van der Waals surface area contributed by atoms with Crippen molar-refractivity contribution in [2.24, 2.45) is 23.2 Å². The summed E-state index contributed by atoms with van der Waals surface area (Å²) in [4.78, 5) is 26.3. The molecule has 0 radical (unpaired) electrons. The summed E-state index contributed by atoms with van der Waals surface area (Å²) in [6.45, 7) is 11.6. The summed E-state index contributed by atoms with van der Waals surface area (Å²) >= 11 is 0. The van der Waals surface area contributed by atoms with Crippen LogP contribution in [0.5, 0.6) is 0 Å². The molecule has 2 saturated carbocycles. The molecule has 0 bridgehead atoms. The monoisotopic (exact) mass is 580 g/mol. The highest BCUT2D eigenvalue weighted by Crippen LogP contribution is 2.54. The minimum atomic E-state index is -2.72. The number of methoxy groups -OCH3 is 2. The van der Waals surface area contributed by atoms with Gasteiger partial charge in [-0.2, -0.15) is 0 Å². The zero-order valence-corrected chi connectivity index (χ0v) is 27.5. The van der Waals surface area contributed by atoms with Crippen molar-refractivity contribution in [3.8, 4) is 0 Å². The highest BCUT2D eigenvalue weighted by molar-refractivity contribution is 7.04. The lowest BCUT2D eigenvalue weighted by Gasteiger charge is -2.48. The van der Waals surface area contributed by atoms with Gasteiger partial charge in [0.05, 0.1) is 14.2 Å². The van der Waals surface area contributed by atoms with Crippen molar-refractivity contribution in [2.75, 3.05) is 14.2 Å². The third kappa shape index (κ3) is 5.88. The lowest BCUT2D eigenvalue weighted by molar-refractivity contribution is -0.169. The van der Waals surface area contributed by atoms with E-state index in [4.69, 9.17) is 13.6 Å². The van der Waals surface area contributed by atoms with Crippen LogP contribution in [0.1, 0.15) is 59.3 Å². The first-order valence-corrected chi connectivity index (χ1v) is 19.9. The first kappa shape index (κ1) is 30.7. The molecule has 5 nitrogen and oxygen atoms in total. The second-order valence-electron chi connectivity index (χ2n) is 13.8. The van der Waals surface area contributed by atoms with Gasteiger partial charge in [-0.3, -0.25) is 9.59 Å². The molecule has 7 heteroatoms. The second kappa shape index (κ2) is 11.9. The summed E-state index contributed by atoms with van der Waals surface area (Å²) in [5.41, 5.74) is -1.22. The lowest BCUT2D eigenvalue weighted by atomic mass is 9.76. The molecule has 2 aliphatic carbocycles. The first-order valence-electron chi connectivity index (χ1n) is 14.9. The van der Waals surface area contributed by atoms with Crippen molar-refractivity contribution in [1.82, 2.24) is 0 Å². The molecule has 2 fully saturated rings. The topological polar surface area (TPSA) is 61.8 Å². The van der Waals surface area contributed by atoms with Gasteiger partial charge in [-0.1, -0.05) is 101 Å². The molecule has 2 atom stereocenters. The summed E-state index contributed by atoms with van der Waals surface area (Å²) < 4.78 is 18.1. The van der Waals surface area contributed by atoms with Crippen LogP contribution in [-0.2, 0) is 23.2 Å². The Labute approximate surface area is 243 Å². The maximum absolute atomic E-state index is 13.2. The Morgan fingerprint density at radius 1 is 0.825 bits per heavy atom. The number of carbonyl (C=O) groups excluding carboxylic acids is 2. The number of carbonyl (C=O) groups is 2. The van der Waals surface area contributed by atoms with E-state index in [9.17, 15) is 9.59 Å². The minimum absolute atomic E-state index is 0.108. The molecule has 2 aliphatic rings. The van der Waals surface area contributed by atoms with E-state index in [0.29, 0.717) is 18.8 Å². The maximum Gasteiger partial charge on any atom is 0.323 e. The molecule has 0 heterocycles. The van der Waals surface area contributed by atoms with Gasteiger partial charge in [0.2, 0.25) is 0 Å². The molecule has 0 unspecified atom stereocenters.